The first-order valence-corrected chi connectivity index (χ1v) is 7.02. The van der Waals surface area contributed by atoms with E-state index in [2.05, 4.69) is 9.97 Å². The largest absolute Gasteiger partial charge is 0.508 e. The molecule has 0 saturated heterocycles. The SMILES string of the molecule is N[C@@H](Cc1c[nH]cn1)C(=O)O.N[C@@H](Cc1ccc(O)cc1)C(=O)O. The number of hydrogen-bond donors (Lipinski definition) is 6. The second-order valence-electron chi connectivity index (χ2n) is 5.02. The summed E-state index contributed by atoms with van der Waals surface area (Å²) >= 11 is 0. The lowest BCUT2D eigenvalue weighted by Gasteiger charge is -2.05. The number of hydrogen-bond acceptors (Lipinski definition) is 6. The summed E-state index contributed by atoms with van der Waals surface area (Å²) in [6.07, 6.45) is 3.65. The number of nitrogens with zero attached hydrogens (tertiary/aromatic N) is 1. The van der Waals surface area contributed by atoms with Gasteiger partial charge < -0.3 is 31.8 Å². The molecular weight excluding hydrogens is 316 g/mol. The summed E-state index contributed by atoms with van der Waals surface area (Å²) in [4.78, 5) is 27.2. The Morgan fingerprint density at radius 3 is 2.04 bits per heavy atom. The first kappa shape index (κ1) is 19.1. The molecule has 9 heteroatoms. The van der Waals surface area contributed by atoms with Gasteiger partial charge in [-0.15, -0.1) is 0 Å². The van der Waals surface area contributed by atoms with E-state index in [0.29, 0.717) is 5.69 Å². The van der Waals surface area contributed by atoms with Crippen LogP contribution in [0.3, 0.4) is 0 Å². The van der Waals surface area contributed by atoms with Gasteiger partial charge in [0.1, 0.15) is 17.8 Å². The van der Waals surface area contributed by atoms with E-state index in [0.717, 1.165) is 5.56 Å². The minimum atomic E-state index is -1.02. The van der Waals surface area contributed by atoms with Gasteiger partial charge in [0.05, 0.1) is 12.0 Å². The predicted molar refractivity (Wildman–Crippen MR) is 85.3 cm³/mol. The number of rotatable bonds is 6. The molecule has 0 amide bonds. The van der Waals surface area contributed by atoms with Crippen molar-refractivity contribution in [2.75, 3.05) is 0 Å². The summed E-state index contributed by atoms with van der Waals surface area (Å²) < 4.78 is 0. The number of phenols is 1. The Morgan fingerprint density at radius 1 is 1.04 bits per heavy atom. The van der Waals surface area contributed by atoms with Crippen LogP contribution < -0.4 is 11.5 Å². The maximum absolute atomic E-state index is 10.4. The number of carbonyl (C=O) groups is 2. The summed E-state index contributed by atoms with van der Waals surface area (Å²) in [6, 6.07) is 4.56. The third kappa shape index (κ3) is 6.90. The molecule has 1 aromatic heterocycles. The smallest absolute Gasteiger partial charge is 0.320 e. The normalized spacial score (nSPS) is 12.6. The molecule has 0 saturated carbocycles. The van der Waals surface area contributed by atoms with Crippen LogP contribution in [0.2, 0.25) is 0 Å². The van der Waals surface area contributed by atoms with Crippen LogP contribution in [0.15, 0.2) is 36.8 Å². The summed E-state index contributed by atoms with van der Waals surface area (Å²) in [6.45, 7) is 0. The lowest BCUT2D eigenvalue weighted by Crippen LogP contribution is -2.32. The maximum atomic E-state index is 10.4. The fourth-order valence-corrected chi connectivity index (χ4v) is 1.69. The van der Waals surface area contributed by atoms with Gasteiger partial charge in [-0.25, -0.2) is 4.98 Å². The Hall–Kier alpha value is -2.91. The zero-order valence-corrected chi connectivity index (χ0v) is 12.8. The number of imidazole rings is 1. The standard InChI is InChI=1S/C9H11NO3.C6H9N3O2/c10-8(9(12)13)5-6-1-3-7(11)4-2-6;7-5(6(10)11)1-4-2-8-3-9-4/h1-4,8,11H,5,10H2,(H,12,13);2-3,5H,1,7H2,(H,8,9)(H,10,11)/t8-;5-/m00/s1. The molecule has 2 atom stereocenters. The van der Waals surface area contributed by atoms with E-state index in [1.165, 1.54) is 18.5 Å². The van der Waals surface area contributed by atoms with E-state index < -0.39 is 24.0 Å². The number of H-pyrrole nitrogens is 1. The lowest BCUT2D eigenvalue weighted by atomic mass is 10.1. The Kier molecular flexibility index (Phi) is 7.40. The molecule has 0 aliphatic rings. The summed E-state index contributed by atoms with van der Waals surface area (Å²) in [5.41, 5.74) is 12.0. The maximum Gasteiger partial charge on any atom is 0.320 e. The van der Waals surface area contributed by atoms with Gasteiger partial charge in [-0.2, -0.15) is 0 Å². The van der Waals surface area contributed by atoms with Crippen LogP contribution in [0, 0.1) is 0 Å². The summed E-state index contributed by atoms with van der Waals surface area (Å²) in [7, 11) is 0. The highest BCUT2D eigenvalue weighted by Crippen LogP contribution is 2.10. The minimum Gasteiger partial charge on any atom is -0.508 e. The number of nitrogens with one attached hydrogen (secondary N) is 1. The van der Waals surface area contributed by atoms with Gasteiger partial charge in [-0.3, -0.25) is 9.59 Å². The second-order valence-corrected chi connectivity index (χ2v) is 5.02. The van der Waals surface area contributed by atoms with Gasteiger partial charge in [-0.05, 0) is 24.1 Å². The van der Waals surface area contributed by atoms with E-state index in [1.54, 1.807) is 18.3 Å². The highest BCUT2D eigenvalue weighted by molar-refractivity contribution is 5.73. The molecule has 2 aromatic rings. The van der Waals surface area contributed by atoms with Gasteiger partial charge in [0.15, 0.2) is 0 Å². The molecule has 0 radical (unpaired) electrons. The number of benzene rings is 1. The molecule has 0 unspecified atom stereocenters. The van der Waals surface area contributed by atoms with Gasteiger partial charge in [0, 0.05) is 12.6 Å². The number of nitrogens with two attached hydrogens (primary N) is 2. The number of aliphatic carboxylic acids is 2. The van der Waals surface area contributed by atoms with Crippen molar-refractivity contribution in [3.8, 4) is 5.75 Å². The first-order chi connectivity index (χ1) is 11.3. The van der Waals surface area contributed by atoms with Crippen molar-refractivity contribution >= 4 is 11.9 Å². The molecule has 0 aliphatic carbocycles. The average molecular weight is 336 g/mol. The number of phenolic OH excluding ortho intramolecular Hbond substituents is 1. The monoisotopic (exact) mass is 336 g/mol. The number of aromatic nitrogens is 2. The average Bonchev–Trinajstić information content (AvgIpc) is 3.03. The van der Waals surface area contributed by atoms with E-state index in [4.69, 9.17) is 26.8 Å². The van der Waals surface area contributed by atoms with Crippen LogP contribution >= 0.6 is 0 Å². The molecular formula is C15H20N4O5. The molecule has 0 aliphatic heterocycles. The van der Waals surface area contributed by atoms with Crippen LogP contribution in [0.5, 0.6) is 5.75 Å². The molecule has 0 bridgehead atoms. The Morgan fingerprint density at radius 2 is 1.58 bits per heavy atom. The van der Waals surface area contributed by atoms with Gasteiger partial charge in [0.25, 0.3) is 0 Å². The van der Waals surface area contributed by atoms with Crippen molar-refractivity contribution < 1.29 is 24.9 Å². The Labute approximate surface area is 137 Å². The van der Waals surface area contributed by atoms with Gasteiger partial charge in [0.2, 0.25) is 0 Å². The van der Waals surface area contributed by atoms with Crippen LogP contribution in [0.25, 0.3) is 0 Å². The quantitative estimate of drug-likeness (QED) is 0.417. The van der Waals surface area contributed by atoms with E-state index in [-0.39, 0.29) is 18.6 Å². The third-order valence-electron chi connectivity index (χ3n) is 3.01. The first-order valence-electron chi connectivity index (χ1n) is 7.02. The lowest BCUT2D eigenvalue weighted by molar-refractivity contribution is -0.139. The Balaban J connectivity index is 0.000000243. The highest BCUT2D eigenvalue weighted by Gasteiger charge is 2.12. The van der Waals surface area contributed by atoms with Crippen molar-refractivity contribution in [3.63, 3.8) is 0 Å². The van der Waals surface area contributed by atoms with Crippen LogP contribution in [0.1, 0.15) is 11.3 Å². The zero-order valence-electron chi connectivity index (χ0n) is 12.8. The van der Waals surface area contributed by atoms with Gasteiger partial charge in [-0.1, -0.05) is 12.1 Å². The van der Waals surface area contributed by atoms with Crippen molar-refractivity contribution in [1.29, 1.82) is 0 Å². The predicted octanol–water partition coefficient (Wildman–Crippen LogP) is -0.289. The fourth-order valence-electron chi connectivity index (χ4n) is 1.69. The topological polar surface area (TPSA) is 176 Å². The van der Waals surface area contributed by atoms with Crippen molar-refractivity contribution in [2.24, 2.45) is 11.5 Å². The molecule has 2 rings (SSSR count). The molecule has 1 aromatic carbocycles. The fraction of sp³-hybridized carbons (Fsp3) is 0.267. The summed E-state index contributed by atoms with van der Waals surface area (Å²) in [5, 5.41) is 25.9. The molecule has 1 heterocycles. The minimum absolute atomic E-state index is 0.160. The number of carboxylic acid groups (broad SMARTS) is 2. The molecule has 130 valence electrons. The van der Waals surface area contributed by atoms with E-state index >= 15 is 0 Å². The van der Waals surface area contributed by atoms with E-state index in [9.17, 15) is 9.59 Å². The van der Waals surface area contributed by atoms with Gasteiger partial charge >= 0.3 is 11.9 Å². The van der Waals surface area contributed by atoms with Crippen molar-refractivity contribution in [3.05, 3.63) is 48.0 Å². The van der Waals surface area contributed by atoms with Crippen LogP contribution in [-0.4, -0.2) is 49.3 Å². The second kappa shape index (κ2) is 9.28. The number of carboxylic acids is 2. The molecule has 0 spiro atoms. The van der Waals surface area contributed by atoms with Crippen molar-refractivity contribution in [2.45, 2.75) is 24.9 Å². The Bertz CT molecular complexity index is 642. The van der Waals surface area contributed by atoms with Crippen LogP contribution in [0.4, 0.5) is 0 Å². The molecule has 0 fully saturated rings. The zero-order chi connectivity index (χ0) is 18.1. The van der Waals surface area contributed by atoms with Crippen molar-refractivity contribution in [1.82, 2.24) is 9.97 Å². The highest BCUT2D eigenvalue weighted by atomic mass is 16.4. The summed E-state index contributed by atoms with van der Waals surface area (Å²) in [5.74, 6) is -1.87. The number of aromatic hydroxyl groups is 1. The molecule has 8 N–H and O–H groups in total. The molecule has 9 nitrogen and oxygen atoms in total. The van der Waals surface area contributed by atoms with E-state index in [1.807, 2.05) is 0 Å². The third-order valence-corrected chi connectivity index (χ3v) is 3.01. The van der Waals surface area contributed by atoms with Crippen LogP contribution in [-0.2, 0) is 22.4 Å². The number of aromatic amines is 1. The molecule has 24 heavy (non-hydrogen) atoms.